The van der Waals surface area contributed by atoms with E-state index < -0.39 is 0 Å². The van der Waals surface area contributed by atoms with Gasteiger partial charge in [-0.2, -0.15) is 0 Å². The van der Waals surface area contributed by atoms with Crippen LogP contribution in [0.1, 0.15) is 97.8 Å². The number of hydrogen-bond acceptors (Lipinski definition) is 2. The number of aryl methyl sites for hydroxylation is 1. The molecule has 4 amide bonds. The number of hydrogen-bond donors (Lipinski definition) is 4. The molecular formula is C32H49N5O2. The van der Waals surface area contributed by atoms with Crippen molar-refractivity contribution in [3.05, 3.63) is 36.4 Å². The van der Waals surface area contributed by atoms with E-state index in [0.29, 0.717) is 13.1 Å². The molecule has 0 spiro atoms. The molecule has 3 aromatic rings. The Balaban J connectivity index is 1.65. The molecule has 0 aliphatic rings. The second-order valence-electron chi connectivity index (χ2n) is 10.5. The number of anilines is 2. The molecule has 7 nitrogen and oxygen atoms in total. The molecule has 1 heterocycles. The molecule has 7 heteroatoms. The maximum atomic E-state index is 12.1. The van der Waals surface area contributed by atoms with Gasteiger partial charge in [-0.05, 0) is 56.7 Å². The normalized spacial score (nSPS) is 11.2. The molecule has 0 atom stereocenters. The predicted molar refractivity (Wildman–Crippen MR) is 166 cm³/mol. The van der Waals surface area contributed by atoms with Gasteiger partial charge in [0.05, 0.1) is 0 Å². The van der Waals surface area contributed by atoms with Crippen LogP contribution in [0.2, 0.25) is 0 Å². The first-order valence-electron chi connectivity index (χ1n) is 15.2. The van der Waals surface area contributed by atoms with Gasteiger partial charge in [0.25, 0.3) is 0 Å². The molecule has 4 N–H and O–H groups in total. The van der Waals surface area contributed by atoms with Crippen molar-refractivity contribution in [2.24, 2.45) is 0 Å². The van der Waals surface area contributed by atoms with Gasteiger partial charge in [0.2, 0.25) is 0 Å². The van der Waals surface area contributed by atoms with Crippen LogP contribution in [0, 0.1) is 0 Å². The Bertz CT molecular complexity index is 1110. The molecule has 3 rings (SSSR count). The molecule has 0 aliphatic carbocycles. The van der Waals surface area contributed by atoms with Gasteiger partial charge in [-0.25, -0.2) is 9.59 Å². The largest absolute Gasteiger partial charge is 0.340 e. The fourth-order valence-corrected chi connectivity index (χ4v) is 5.28. The molecular weight excluding hydrogens is 486 g/mol. The van der Waals surface area contributed by atoms with Crippen molar-refractivity contribution in [2.45, 2.75) is 104 Å². The average molecular weight is 536 g/mol. The maximum Gasteiger partial charge on any atom is 0.319 e. The van der Waals surface area contributed by atoms with Crippen molar-refractivity contribution in [1.29, 1.82) is 0 Å². The summed E-state index contributed by atoms with van der Waals surface area (Å²) in [5.74, 6) is 0. The summed E-state index contributed by atoms with van der Waals surface area (Å²) >= 11 is 0. The number of carbonyl (C=O) groups excluding carboxylic acids is 2. The number of fused-ring (bicyclic) bond motifs is 3. The first kappa shape index (κ1) is 30.3. The number of urea groups is 2. The van der Waals surface area contributed by atoms with Gasteiger partial charge in [0, 0.05) is 52.8 Å². The van der Waals surface area contributed by atoms with Crippen LogP contribution in [-0.2, 0) is 6.54 Å². The summed E-state index contributed by atoms with van der Waals surface area (Å²) in [6.45, 7) is 8.16. The van der Waals surface area contributed by atoms with Crippen molar-refractivity contribution in [2.75, 3.05) is 23.7 Å². The SMILES string of the molecule is CCCCCCCCCCCCCCn1c2ccc(NC(=O)NCC)cc2c2cc(NC(=O)NCC)ccc21. The van der Waals surface area contributed by atoms with E-state index in [1.165, 1.54) is 70.6 Å². The molecule has 0 unspecified atom stereocenters. The summed E-state index contributed by atoms with van der Waals surface area (Å²) in [6.07, 6.45) is 16.0. The van der Waals surface area contributed by atoms with Crippen LogP contribution in [0.25, 0.3) is 21.8 Å². The molecule has 39 heavy (non-hydrogen) atoms. The number of carbonyl (C=O) groups is 2. The highest BCUT2D eigenvalue weighted by molar-refractivity contribution is 6.11. The average Bonchev–Trinajstić information content (AvgIpc) is 3.21. The number of nitrogens with one attached hydrogen (secondary N) is 4. The Morgan fingerprint density at radius 1 is 0.590 bits per heavy atom. The topological polar surface area (TPSA) is 87.2 Å². The summed E-state index contributed by atoms with van der Waals surface area (Å²) in [4.78, 5) is 24.2. The summed E-state index contributed by atoms with van der Waals surface area (Å²) in [5.41, 5.74) is 3.79. The Morgan fingerprint density at radius 2 is 1.00 bits per heavy atom. The summed E-state index contributed by atoms with van der Waals surface area (Å²) < 4.78 is 2.38. The van der Waals surface area contributed by atoms with Crippen LogP contribution in [0.5, 0.6) is 0 Å². The second kappa shape index (κ2) is 16.7. The lowest BCUT2D eigenvalue weighted by molar-refractivity contribution is 0.251. The molecule has 0 fully saturated rings. The van der Waals surface area contributed by atoms with Gasteiger partial charge >= 0.3 is 12.1 Å². The minimum atomic E-state index is -0.212. The second-order valence-corrected chi connectivity index (χ2v) is 10.5. The van der Waals surface area contributed by atoms with E-state index in [4.69, 9.17) is 0 Å². The van der Waals surface area contributed by atoms with Gasteiger partial charge < -0.3 is 25.8 Å². The quantitative estimate of drug-likeness (QED) is 0.130. The monoisotopic (exact) mass is 535 g/mol. The smallest absolute Gasteiger partial charge is 0.319 e. The van der Waals surface area contributed by atoms with E-state index in [0.717, 1.165) is 46.1 Å². The standard InChI is InChI=1S/C32H49N5O2/c1-4-7-8-9-10-11-12-13-14-15-16-17-22-37-29-20-18-25(35-31(38)33-5-2)23-27(29)28-24-26(19-21-30(28)37)36-32(39)34-6-3/h18-21,23-24H,4-17,22H2,1-3H3,(H2,33,35,38)(H2,34,36,39). The van der Waals surface area contributed by atoms with Crippen molar-refractivity contribution in [3.8, 4) is 0 Å². The van der Waals surface area contributed by atoms with Crippen LogP contribution < -0.4 is 21.3 Å². The van der Waals surface area contributed by atoms with Crippen LogP contribution in [0.3, 0.4) is 0 Å². The first-order chi connectivity index (χ1) is 19.1. The number of nitrogens with zero attached hydrogens (tertiary/aromatic N) is 1. The molecule has 0 saturated carbocycles. The third-order valence-electron chi connectivity index (χ3n) is 7.29. The van der Waals surface area contributed by atoms with Crippen molar-refractivity contribution >= 4 is 45.2 Å². The van der Waals surface area contributed by atoms with Gasteiger partial charge in [-0.1, -0.05) is 77.6 Å². The molecule has 0 radical (unpaired) electrons. The third kappa shape index (κ3) is 9.48. The summed E-state index contributed by atoms with van der Waals surface area (Å²) in [5, 5.41) is 13.6. The van der Waals surface area contributed by atoms with Crippen LogP contribution in [-0.4, -0.2) is 29.7 Å². The van der Waals surface area contributed by atoms with Crippen molar-refractivity contribution < 1.29 is 9.59 Å². The van der Waals surface area contributed by atoms with Crippen LogP contribution in [0.4, 0.5) is 21.0 Å². The number of benzene rings is 2. The summed E-state index contributed by atoms with van der Waals surface area (Å²) in [6, 6.07) is 11.7. The van der Waals surface area contributed by atoms with Gasteiger partial charge in [-0.15, -0.1) is 0 Å². The van der Waals surface area contributed by atoms with E-state index in [1.54, 1.807) is 0 Å². The highest BCUT2D eigenvalue weighted by Gasteiger charge is 2.13. The first-order valence-corrected chi connectivity index (χ1v) is 15.2. The zero-order chi connectivity index (χ0) is 27.9. The third-order valence-corrected chi connectivity index (χ3v) is 7.29. The minimum Gasteiger partial charge on any atom is -0.340 e. The van der Waals surface area contributed by atoms with Gasteiger partial charge in [0.15, 0.2) is 0 Å². The lowest BCUT2D eigenvalue weighted by Crippen LogP contribution is -2.28. The summed E-state index contributed by atoms with van der Waals surface area (Å²) in [7, 11) is 0. The van der Waals surface area contributed by atoms with E-state index >= 15 is 0 Å². The van der Waals surface area contributed by atoms with E-state index in [9.17, 15) is 9.59 Å². The number of aromatic nitrogens is 1. The van der Waals surface area contributed by atoms with Crippen LogP contribution >= 0.6 is 0 Å². The van der Waals surface area contributed by atoms with E-state index in [1.807, 2.05) is 38.1 Å². The number of rotatable bonds is 17. The van der Waals surface area contributed by atoms with Crippen molar-refractivity contribution in [3.63, 3.8) is 0 Å². The lowest BCUT2D eigenvalue weighted by atomic mass is 10.1. The Kier molecular flexibility index (Phi) is 13.0. The Labute approximate surface area is 234 Å². The fourth-order valence-electron chi connectivity index (χ4n) is 5.28. The molecule has 0 bridgehead atoms. The molecule has 0 aliphatic heterocycles. The Morgan fingerprint density at radius 3 is 1.41 bits per heavy atom. The predicted octanol–water partition coefficient (Wildman–Crippen LogP) is 8.78. The highest BCUT2D eigenvalue weighted by atomic mass is 16.2. The maximum absolute atomic E-state index is 12.1. The number of amides is 4. The minimum absolute atomic E-state index is 0.212. The van der Waals surface area contributed by atoms with Gasteiger partial charge in [-0.3, -0.25) is 0 Å². The van der Waals surface area contributed by atoms with Crippen LogP contribution in [0.15, 0.2) is 36.4 Å². The molecule has 1 aromatic heterocycles. The van der Waals surface area contributed by atoms with Crippen molar-refractivity contribution in [1.82, 2.24) is 15.2 Å². The van der Waals surface area contributed by atoms with E-state index in [2.05, 4.69) is 44.9 Å². The molecule has 2 aromatic carbocycles. The van der Waals surface area contributed by atoms with E-state index in [-0.39, 0.29) is 12.1 Å². The Hall–Kier alpha value is -3.22. The molecule has 214 valence electrons. The fraction of sp³-hybridized carbons (Fsp3) is 0.562. The van der Waals surface area contributed by atoms with Gasteiger partial charge in [0.1, 0.15) is 0 Å². The highest BCUT2D eigenvalue weighted by Crippen LogP contribution is 2.33. The zero-order valence-electron chi connectivity index (χ0n) is 24.3. The number of unbranched alkanes of at least 4 members (excludes halogenated alkanes) is 11. The molecule has 0 saturated heterocycles. The lowest BCUT2D eigenvalue weighted by Gasteiger charge is -2.09. The zero-order valence-corrected chi connectivity index (χ0v) is 24.3.